The van der Waals surface area contributed by atoms with Crippen LogP contribution in [0.25, 0.3) is 0 Å². The molecule has 1 atom stereocenters. The molecule has 0 spiro atoms. The summed E-state index contributed by atoms with van der Waals surface area (Å²) in [6.07, 6.45) is 0.230. The summed E-state index contributed by atoms with van der Waals surface area (Å²) >= 11 is 11.7. The lowest BCUT2D eigenvalue weighted by Gasteiger charge is -2.14. The predicted molar refractivity (Wildman–Crippen MR) is 74.3 cm³/mol. The van der Waals surface area contributed by atoms with Crippen molar-refractivity contribution in [3.05, 3.63) is 33.8 Å². The van der Waals surface area contributed by atoms with Gasteiger partial charge in [-0.05, 0) is 24.6 Å². The molecule has 18 heavy (non-hydrogen) atoms. The molecule has 0 heterocycles. The average molecular weight is 309 g/mol. The number of hydrogen-bond donors (Lipinski definition) is 0. The van der Waals surface area contributed by atoms with Gasteiger partial charge in [0.25, 0.3) is 0 Å². The molecule has 1 rings (SSSR count). The van der Waals surface area contributed by atoms with E-state index in [1.807, 2.05) is 0 Å². The molecule has 6 heteroatoms. The first kappa shape index (κ1) is 15.5. The molecular formula is C12H14Cl2O3S. The first-order chi connectivity index (χ1) is 8.33. The van der Waals surface area contributed by atoms with E-state index in [9.17, 15) is 13.2 Å². The zero-order valence-corrected chi connectivity index (χ0v) is 12.4. The topological polar surface area (TPSA) is 51.2 Å². The Morgan fingerprint density at radius 3 is 2.33 bits per heavy atom. The Kier molecular flexibility index (Phi) is 5.20. The quantitative estimate of drug-likeness (QED) is 0.783. The van der Waals surface area contributed by atoms with Crippen LogP contribution >= 0.6 is 23.2 Å². The van der Waals surface area contributed by atoms with Gasteiger partial charge in [-0.2, -0.15) is 0 Å². The number of carbonyl (C=O) groups is 1. The molecule has 0 N–H and O–H groups in total. The van der Waals surface area contributed by atoms with E-state index in [4.69, 9.17) is 23.2 Å². The van der Waals surface area contributed by atoms with Gasteiger partial charge in [0.2, 0.25) is 0 Å². The molecule has 0 aliphatic heterocycles. The van der Waals surface area contributed by atoms with Gasteiger partial charge in [-0.15, -0.1) is 0 Å². The third kappa shape index (κ3) is 3.25. The summed E-state index contributed by atoms with van der Waals surface area (Å²) in [6.45, 7) is 3.19. The van der Waals surface area contributed by atoms with Crippen molar-refractivity contribution in [2.75, 3.05) is 5.75 Å². The highest BCUT2D eigenvalue weighted by molar-refractivity contribution is 7.92. The summed E-state index contributed by atoms with van der Waals surface area (Å²) in [5.41, 5.74) is 0.199. The minimum Gasteiger partial charge on any atom is -0.293 e. The Hall–Kier alpha value is -0.580. The lowest BCUT2D eigenvalue weighted by molar-refractivity contribution is 0.0985. The van der Waals surface area contributed by atoms with E-state index in [-0.39, 0.29) is 22.8 Å². The Labute approximate surface area is 117 Å². The van der Waals surface area contributed by atoms with E-state index < -0.39 is 20.9 Å². The normalized spacial score (nSPS) is 13.3. The van der Waals surface area contributed by atoms with Crippen molar-refractivity contribution in [1.29, 1.82) is 0 Å². The van der Waals surface area contributed by atoms with Crippen LogP contribution in [0.3, 0.4) is 0 Å². The predicted octanol–water partition coefficient (Wildman–Crippen LogP) is 3.39. The lowest BCUT2D eigenvalue weighted by Crippen LogP contribution is -2.31. The Morgan fingerprint density at radius 2 is 1.89 bits per heavy atom. The summed E-state index contributed by atoms with van der Waals surface area (Å²) in [6, 6.07) is 4.41. The standard InChI is InChI=1S/C12H14Cl2O3S/c1-3-11(18(16,17)4-2)12(15)9-6-5-8(13)7-10(9)14/h5-7,11H,3-4H2,1-2H3/t11-/m0/s1. The van der Waals surface area contributed by atoms with Crippen molar-refractivity contribution in [2.45, 2.75) is 25.5 Å². The van der Waals surface area contributed by atoms with Crippen LogP contribution in [-0.2, 0) is 9.84 Å². The van der Waals surface area contributed by atoms with Gasteiger partial charge in [0.05, 0.1) is 5.02 Å². The van der Waals surface area contributed by atoms with E-state index in [1.54, 1.807) is 6.92 Å². The molecule has 0 aliphatic rings. The van der Waals surface area contributed by atoms with Crippen LogP contribution < -0.4 is 0 Å². The molecule has 0 aromatic heterocycles. The molecule has 0 amide bonds. The second-order valence-corrected chi connectivity index (χ2v) is 7.15. The van der Waals surface area contributed by atoms with Gasteiger partial charge in [0.1, 0.15) is 5.25 Å². The summed E-state index contributed by atoms with van der Waals surface area (Å²) in [4.78, 5) is 12.2. The summed E-state index contributed by atoms with van der Waals surface area (Å²) < 4.78 is 23.7. The van der Waals surface area contributed by atoms with Crippen molar-refractivity contribution in [2.24, 2.45) is 0 Å². The largest absolute Gasteiger partial charge is 0.293 e. The van der Waals surface area contributed by atoms with Crippen molar-refractivity contribution >= 4 is 38.8 Å². The molecule has 0 fully saturated rings. The number of hydrogen-bond acceptors (Lipinski definition) is 3. The molecule has 0 aliphatic carbocycles. The molecule has 0 radical (unpaired) electrons. The minimum absolute atomic E-state index is 0.0670. The number of Topliss-reactive ketones (excluding diaryl/α,β-unsaturated/α-hetero) is 1. The summed E-state index contributed by atoms with van der Waals surface area (Å²) in [7, 11) is -3.43. The molecule has 1 aromatic carbocycles. The molecule has 0 saturated heterocycles. The van der Waals surface area contributed by atoms with Crippen molar-refractivity contribution in [3.63, 3.8) is 0 Å². The van der Waals surface area contributed by atoms with Crippen LogP contribution in [0.15, 0.2) is 18.2 Å². The highest BCUT2D eigenvalue weighted by Gasteiger charge is 2.31. The monoisotopic (exact) mass is 308 g/mol. The maximum atomic E-state index is 12.2. The Morgan fingerprint density at radius 1 is 1.28 bits per heavy atom. The van der Waals surface area contributed by atoms with Crippen molar-refractivity contribution < 1.29 is 13.2 Å². The Bertz CT molecular complexity index is 552. The first-order valence-corrected chi connectivity index (χ1v) is 8.01. The zero-order valence-electron chi connectivity index (χ0n) is 10.1. The van der Waals surface area contributed by atoms with Crippen LogP contribution in [-0.4, -0.2) is 25.2 Å². The number of halogens is 2. The fourth-order valence-electron chi connectivity index (χ4n) is 1.67. The number of rotatable bonds is 5. The van der Waals surface area contributed by atoms with E-state index >= 15 is 0 Å². The third-order valence-electron chi connectivity index (χ3n) is 2.70. The Balaban J connectivity index is 3.20. The molecular weight excluding hydrogens is 295 g/mol. The molecule has 100 valence electrons. The maximum Gasteiger partial charge on any atom is 0.182 e. The fourth-order valence-corrected chi connectivity index (χ4v) is 3.53. The van der Waals surface area contributed by atoms with Gasteiger partial charge in [-0.3, -0.25) is 4.79 Å². The average Bonchev–Trinajstić information content (AvgIpc) is 2.29. The minimum atomic E-state index is -3.43. The van der Waals surface area contributed by atoms with Gasteiger partial charge in [0, 0.05) is 16.3 Å². The number of sulfone groups is 1. The van der Waals surface area contributed by atoms with Crippen molar-refractivity contribution in [1.82, 2.24) is 0 Å². The van der Waals surface area contributed by atoms with Crippen molar-refractivity contribution in [3.8, 4) is 0 Å². The van der Waals surface area contributed by atoms with Gasteiger partial charge in [-0.25, -0.2) is 8.42 Å². The maximum absolute atomic E-state index is 12.2. The molecule has 0 saturated carbocycles. The molecule has 1 aromatic rings. The van der Waals surface area contributed by atoms with Gasteiger partial charge in [0.15, 0.2) is 15.6 Å². The third-order valence-corrected chi connectivity index (χ3v) is 5.46. The van der Waals surface area contributed by atoms with E-state index in [1.165, 1.54) is 25.1 Å². The van der Waals surface area contributed by atoms with E-state index in [0.29, 0.717) is 5.02 Å². The molecule has 0 unspecified atom stereocenters. The number of carbonyl (C=O) groups excluding carboxylic acids is 1. The first-order valence-electron chi connectivity index (χ1n) is 5.54. The lowest BCUT2D eigenvalue weighted by atomic mass is 10.1. The summed E-state index contributed by atoms with van der Waals surface area (Å²) in [5, 5.41) is -0.457. The number of benzene rings is 1. The van der Waals surface area contributed by atoms with E-state index in [2.05, 4.69) is 0 Å². The summed E-state index contributed by atoms with van der Waals surface area (Å²) in [5.74, 6) is -0.538. The second kappa shape index (κ2) is 6.04. The van der Waals surface area contributed by atoms with Crippen LogP contribution in [0.2, 0.25) is 10.0 Å². The number of ketones is 1. The second-order valence-electron chi connectivity index (χ2n) is 3.84. The smallest absolute Gasteiger partial charge is 0.182 e. The van der Waals surface area contributed by atoms with Gasteiger partial charge >= 0.3 is 0 Å². The van der Waals surface area contributed by atoms with Crippen LogP contribution in [0.4, 0.5) is 0 Å². The highest BCUT2D eigenvalue weighted by Crippen LogP contribution is 2.24. The fraction of sp³-hybridized carbons (Fsp3) is 0.417. The zero-order chi connectivity index (χ0) is 13.9. The van der Waals surface area contributed by atoms with Crippen LogP contribution in [0, 0.1) is 0 Å². The van der Waals surface area contributed by atoms with Gasteiger partial charge < -0.3 is 0 Å². The molecule has 3 nitrogen and oxygen atoms in total. The highest BCUT2D eigenvalue weighted by atomic mass is 35.5. The SMILES string of the molecule is CC[C@@H](C(=O)c1ccc(Cl)cc1Cl)S(=O)(=O)CC. The molecule has 0 bridgehead atoms. The van der Waals surface area contributed by atoms with Crippen LogP contribution in [0.1, 0.15) is 30.6 Å². The van der Waals surface area contributed by atoms with E-state index in [0.717, 1.165) is 0 Å². The van der Waals surface area contributed by atoms with Crippen LogP contribution in [0.5, 0.6) is 0 Å². The van der Waals surface area contributed by atoms with Gasteiger partial charge in [-0.1, -0.05) is 37.0 Å².